The molecule has 0 radical (unpaired) electrons. The van der Waals surface area contributed by atoms with Crippen molar-refractivity contribution in [2.24, 2.45) is 7.05 Å². The highest BCUT2D eigenvalue weighted by molar-refractivity contribution is 5.97. The van der Waals surface area contributed by atoms with Crippen LogP contribution >= 0.6 is 0 Å². The minimum absolute atomic E-state index is 0.242. The summed E-state index contributed by atoms with van der Waals surface area (Å²) in [6, 6.07) is 14.7. The van der Waals surface area contributed by atoms with Crippen LogP contribution in [0.4, 0.5) is 5.82 Å². The number of amides is 1. The average molecular weight is 464 g/mol. The van der Waals surface area contributed by atoms with Gasteiger partial charge in [0.2, 0.25) is 5.91 Å². The largest absolute Gasteiger partial charge is 0.309 e. The van der Waals surface area contributed by atoms with Crippen molar-refractivity contribution in [2.75, 3.05) is 11.9 Å². The minimum atomic E-state index is -0.628. The van der Waals surface area contributed by atoms with E-state index in [1.807, 2.05) is 37.5 Å². The maximum absolute atomic E-state index is 13.3. The lowest BCUT2D eigenvalue weighted by Gasteiger charge is -2.22. The topological polar surface area (TPSA) is 119 Å². The van der Waals surface area contributed by atoms with Crippen LogP contribution in [-0.4, -0.2) is 33.3 Å². The van der Waals surface area contributed by atoms with Crippen molar-refractivity contribution >= 4 is 11.7 Å². The summed E-state index contributed by atoms with van der Waals surface area (Å²) < 4.78 is 1.72. The lowest BCUT2D eigenvalue weighted by atomic mass is 9.94. The zero-order valence-electron chi connectivity index (χ0n) is 19.4. The number of nitrogens with zero attached hydrogens (tertiary/aromatic N) is 5. The molecule has 2 aromatic heterocycles. The Morgan fingerprint density at radius 2 is 1.94 bits per heavy atom. The number of nitrogens with one attached hydrogen (secondary N) is 2. The molecule has 4 rings (SSSR count). The number of aromatic nitrogens is 3. The number of aryl methyl sites for hydroxylation is 1. The highest BCUT2D eigenvalue weighted by Gasteiger charge is 2.23. The fraction of sp³-hybridized carbons (Fsp3) is 0.222. The fourth-order valence-electron chi connectivity index (χ4n) is 3.89. The highest BCUT2D eigenvalue weighted by Crippen LogP contribution is 2.22. The number of pyridine rings is 1. The first-order valence-electron chi connectivity index (χ1n) is 11.3. The van der Waals surface area contributed by atoms with Gasteiger partial charge < -0.3 is 10.6 Å². The molecule has 0 aliphatic heterocycles. The molecular formula is C27H25N7O. The van der Waals surface area contributed by atoms with Crippen LogP contribution in [0.2, 0.25) is 0 Å². The maximum atomic E-state index is 13.3. The molecule has 1 atom stereocenters. The lowest BCUT2D eigenvalue weighted by molar-refractivity contribution is -0.117. The quantitative estimate of drug-likeness (QED) is 0.526. The van der Waals surface area contributed by atoms with Crippen LogP contribution in [0.15, 0.2) is 78.3 Å². The van der Waals surface area contributed by atoms with E-state index < -0.39 is 6.04 Å². The van der Waals surface area contributed by atoms with E-state index >= 15 is 0 Å². The maximum Gasteiger partial charge on any atom is 0.247 e. The summed E-state index contributed by atoms with van der Waals surface area (Å²) >= 11 is 0. The number of carbonyl (C=O) groups is 1. The van der Waals surface area contributed by atoms with Gasteiger partial charge in [-0.1, -0.05) is 18.2 Å². The smallest absolute Gasteiger partial charge is 0.247 e. The zero-order chi connectivity index (χ0) is 24.6. The van der Waals surface area contributed by atoms with Gasteiger partial charge in [-0.25, -0.2) is 4.98 Å². The van der Waals surface area contributed by atoms with Crippen molar-refractivity contribution in [3.05, 3.63) is 89.4 Å². The van der Waals surface area contributed by atoms with Crippen molar-refractivity contribution in [2.45, 2.75) is 25.3 Å². The average Bonchev–Trinajstić information content (AvgIpc) is 3.33. The molecule has 0 saturated carbocycles. The number of nitriles is 2. The van der Waals surface area contributed by atoms with E-state index in [0.29, 0.717) is 42.8 Å². The van der Waals surface area contributed by atoms with Gasteiger partial charge in [-0.3, -0.25) is 9.48 Å². The molecule has 1 aliphatic carbocycles. The molecule has 3 aromatic rings. The first kappa shape index (κ1) is 23.6. The Morgan fingerprint density at radius 3 is 2.60 bits per heavy atom. The Bertz CT molecular complexity index is 1340. The highest BCUT2D eigenvalue weighted by atomic mass is 16.2. The van der Waals surface area contributed by atoms with Crippen LogP contribution in [0.5, 0.6) is 0 Å². The Balaban J connectivity index is 1.46. The molecule has 0 fully saturated rings. The molecule has 1 aliphatic rings. The number of benzene rings is 1. The van der Waals surface area contributed by atoms with Crippen molar-refractivity contribution in [3.8, 4) is 23.3 Å². The molecule has 174 valence electrons. The van der Waals surface area contributed by atoms with Gasteiger partial charge in [-0.2, -0.15) is 15.6 Å². The normalized spacial score (nSPS) is 13.7. The standard InChI is InChI=1S/C27H25N7O/c1-34-18-24(17-32-34)23-9-10-25(31-16-23)33-27(35)26(22-4-2-3-21(13-22)15-29)30-12-11-19-5-7-20(14-28)8-6-19/h4-10,13,16-18,26,30H,2-3,11-12H2,1H3,(H,31,33,35). The van der Waals surface area contributed by atoms with E-state index in [9.17, 15) is 10.1 Å². The van der Waals surface area contributed by atoms with Crippen LogP contribution in [0.3, 0.4) is 0 Å². The summed E-state index contributed by atoms with van der Waals surface area (Å²) in [7, 11) is 1.85. The van der Waals surface area contributed by atoms with Crippen LogP contribution in [0.25, 0.3) is 11.1 Å². The van der Waals surface area contributed by atoms with Gasteiger partial charge in [-0.05, 0) is 60.7 Å². The number of hydrogen-bond donors (Lipinski definition) is 2. The summed E-state index contributed by atoms with van der Waals surface area (Å²) in [5, 5.41) is 28.7. The first-order valence-corrected chi connectivity index (χ1v) is 11.3. The number of rotatable bonds is 8. The van der Waals surface area contributed by atoms with Gasteiger partial charge in [0.1, 0.15) is 11.9 Å². The third-order valence-corrected chi connectivity index (χ3v) is 5.77. The van der Waals surface area contributed by atoms with Crippen LogP contribution < -0.4 is 10.6 Å². The van der Waals surface area contributed by atoms with E-state index in [0.717, 1.165) is 22.3 Å². The summed E-state index contributed by atoms with van der Waals surface area (Å²) in [4.78, 5) is 17.7. The number of allylic oxidation sites excluding steroid dienone is 2. The lowest BCUT2D eigenvalue weighted by Crippen LogP contribution is -2.43. The van der Waals surface area contributed by atoms with Gasteiger partial charge in [0.25, 0.3) is 0 Å². The fourth-order valence-corrected chi connectivity index (χ4v) is 3.89. The van der Waals surface area contributed by atoms with Gasteiger partial charge in [0.15, 0.2) is 0 Å². The summed E-state index contributed by atoms with van der Waals surface area (Å²) in [5.74, 6) is 0.204. The van der Waals surface area contributed by atoms with Crippen molar-refractivity contribution in [1.29, 1.82) is 10.5 Å². The third kappa shape index (κ3) is 6.08. The molecule has 1 aromatic carbocycles. The molecule has 1 amide bonds. The molecule has 8 nitrogen and oxygen atoms in total. The number of anilines is 1. The van der Waals surface area contributed by atoms with Crippen LogP contribution in [-0.2, 0) is 18.3 Å². The Hall–Kier alpha value is -4.53. The van der Waals surface area contributed by atoms with Crippen molar-refractivity contribution in [3.63, 3.8) is 0 Å². The molecule has 1 unspecified atom stereocenters. The number of carbonyl (C=O) groups excluding carboxylic acids is 1. The molecule has 2 N–H and O–H groups in total. The van der Waals surface area contributed by atoms with Gasteiger partial charge in [0.05, 0.1) is 23.9 Å². The number of hydrogen-bond acceptors (Lipinski definition) is 6. The molecule has 0 bridgehead atoms. The van der Waals surface area contributed by atoms with E-state index in [1.165, 1.54) is 0 Å². The Morgan fingerprint density at radius 1 is 1.11 bits per heavy atom. The van der Waals surface area contributed by atoms with Crippen LogP contribution in [0, 0.1) is 22.7 Å². The molecule has 2 heterocycles. The van der Waals surface area contributed by atoms with Crippen LogP contribution in [0.1, 0.15) is 24.0 Å². The summed E-state index contributed by atoms with van der Waals surface area (Å²) in [6.45, 7) is 0.546. The van der Waals surface area contributed by atoms with E-state index in [1.54, 1.807) is 41.4 Å². The molecular weight excluding hydrogens is 438 g/mol. The second kappa shape index (κ2) is 11.1. The molecule has 8 heteroatoms. The van der Waals surface area contributed by atoms with Gasteiger partial charge >= 0.3 is 0 Å². The van der Waals surface area contributed by atoms with Crippen molar-refractivity contribution in [1.82, 2.24) is 20.1 Å². The first-order chi connectivity index (χ1) is 17.1. The van der Waals surface area contributed by atoms with Gasteiger partial charge in [0, 0.05) is 42.7 Å². The Kier molecular flexibility index (Phi) is 7.47. The van der Waals surface area contributed by atoms with E-state index in [-0.39, 0.29) is 5.91 Å². The van der Waals surface area contributed by atoms with Crippen molar-refractivity contribution < 1.29 is 4.79 Å². The second-order valence-corrected chi connectivity index (χ2v) is 8.29. The van der Waals surface area contributed by atoms with E-state index in [2.05, 4.69) is 32.9 Å². The predicted molar refractivity (Wildman–Crippen MR) is 133 cm³/mol. The molecule has 0 spiro atoms. The predicted octanol–water partition coefficient (Wildman–Crippen LogP) is 3.66. The van der Waals surface area contributed by atoms with E-state index in [4.69, 9.17) is 5.26 Å². The Labute approximate surface area is 204 Å². The SMILES string of the molecule is Cn1cc(-c2ccc(NC(=O)C(NCCc3ccc(C#N)cc3)C3=CCCC(C#N)=C3)nc2)cn1. The molecule has 0 saturated heterocycles. The zero-order valence-corrected chi connectivity index (χ0v) is 19.4. The van der Waals surface area contributed by atoms with Gasteiger partial charge in [-0.15, -0.1) is 0 Å². The monoisotopic (exact) mass is 463 g/mol. The third-order valence-electron chi connectivity index (χ3n) is 5.77. The minimum Gasteiger partial charge on any atom is -0.309 e. The summed E-state index contributed by atoms with van der Waals surface area (Å²) in [6.07, 6.45) is 11.2. The second-order valence-electron chi connectivity index (χ2n) is 8.29. The summed E-state index contributed by atoms with van der Waals surface area (Å²) in [5.41, 5.74) is 4.97. The molecule has 35 heavy (non-hydrogen) atoms.